The Kier molecular flexibility index (Phi) is 4.73. The molecule has 8 heteroatoms. The summed E-state index contributed by atoms with van der Waals surface area (Å²) in [7, 11) is 0. The summed E-state index contributed by atoms with van der Waals surface area (Å²) in [6, 6.07) is 10.5. The van der Waals surface area contributed by atoms with Crippen molar-refractivity contribution in [1.29, 1.82) is 0 Å². The van der Waals surface area contributed by atoms with Gasteiger partial charge in [0.2, 0.25) is 5.82 Å². The van der Waals surface area contributed by atoms with Crippen LogP contribution in [0.4, 0.5) is 5.13 Å². The number of hydrogen-bond acceptors (Lipinski definition) is 8. The van der Waals surface area contributed by atoms with Gasteiger partial charge in [-0.1, -0.05) is 16.5 Å². The predicted molar refractivity (Wildman–Crippen MR) is 115 cm³/mol. The van der Waals surface area contributed by atoms with Gasteiger partial charge in [-0.15, -0.1) is 0 Å². The Morgan fingerprint density at radius 1 is 0.966 bits per heavy atom. The average Bonchev–Trinajstić information content (AvgIpc) is 3.41. The number of pyridine rings is 1. The molecule has 0 spiro atoms. The molecular formula is C21H22N6OS. The van der Waals surface area contributed by atoms with Gasteiger partial charge in [-0.3, -0.25) is 9.88 Å². The van der Waals surface area contributed by atoms with E-state index in [1.165, 1.54) is 0 Å². The molecule has 29 heavy (non-hydrogen) atoms. The first kappa shape index (κ1) is 18.2. The fourth-order valence-electron chi connectivity index (χ4n) is 3.57. The molecule has 0 radical (unpaired) electrons. The molecule has 0 amide bonds. The van der Waals surface area contributed by atoms with E-state index in [4.69, 9.17) is 9.51 Å². The standard InChI is InChI=1S/C21H22N6OS/c1-14(2)26-9-11-27(12-10-26)21-23-17-4-3-16(13-18(17)29-21)19-24-20(28-25-19)15-5-7-22-8-6-15/h3-8,13-14H,9-12H2,1-2H3. The largest absolute Gasteiger partial charge is 0.345 e. The quantitative estimate of drug-likeness (QED) is 0.508. The molecule has 4 aromatic rings. The fraction of sp³-hybridized carbons (Fsp3) is 0.333. The maximum atomic E-state index is 5.43. The highest BCUT2D eigenvalue weighted by Crippen LogP contribution is 2.32. The number of piperazine rings is 1. The SMILES string of the molecule is CC(C)N1CCN(c2nc3ccc(-c4noc(-c5ccncc5)n4)cc3s2)CC1. The Labute approximate surface area is 173 Å². The number of nitrogens with zero attached hydrogens (tertiary/aromatic N) is 6. The van der Waals surface area contributed by atoms with E-state index >= 15 is 0 Å². The van der Waals surface area contributed by atoms with Gasteiger partial charge in [0, 0.05) is 55.7 Å². The molecule has 1 fully saturated rings. The van der Waals surface area contributed by atoms with Crippen LogP contribution in [-0.4, -0.2) is 57.2 Å². The highest BCUT2D eigenvalue weighted by Gasteiger charge is 2.21. The molecule has 148 valence electrons. The van der Waals surface area contributed by atoms with Crippen LogP contribution in [-0.2, 0) is 0 Å². The lowest BCUT2D eigenvalue weighted by Gasteiger charge is -2.36. The van der Waals surface area contributed by atoms with E-state index in [0.717, 1.165) is 52.7 Å². The van der Waals surface area contributed by atoms with Crippen LogP contribution >= 0.6 is 11.3 Å². The van der Waals surface area contributed by atoms with Gasteiger partial charge in [0.25, 0.3) is 5.89 Å². The summed E-state index contributed by atoms with van der Waals surface area (Å²) >= 11 is 1.73. The molecule has 0 bridgehead atoms. The third-order valence-corrected chi connectivity index (χ3v) is 6.38. The summed E-state index contributed by atoms with van der Waals surface area (Å²) in [5, 5.41) is 5.24. The van der Waals surface area contributed by atoms with Crippen molar-refractivity contribution in [1.82, 2.24) is 25.0 Å². The summed E-state index contributed by atoms with van der Waals surface area (Å²) < 4.78 is 6.57. The van der Waals surface area contributed by atoms with Crippen molar-refractivity contribution < 1.29 is 4.52 Å². The molecule has 1 aliphatic rings. The molecule has 1 aliphatic heterocycles. The van der Waals surface area contributed by atoms with Gasteiger partial charge in [0.05, 0.1) is 10.2 Å². The number of fused-ring (bicyclic) bond motifs is 1. The normalized spacial score (nSPS) is 15.5. The Morgan fingerprint density at radius 3 is 2.52 bits per heavy atom. The van der Waals surface area contributed by atoms with Crippen LogP contribution in [0.1, 0.15) is 13.8 Å². The molecule has 4 heterocycles. The summed E-state index contributed by atoms with van der Waals surface area (Å²) in [6.45, 7) is 8.72. The third kappa shape index (κ3) is 3.61. The van der Waals surface area contributed by atoms with Crippen LogP contribution in [0, 0.1) is 0 Å². The summed E-state index contributed by atoms with van der Waals surface area (Å²) in [5.41, 5.74) is 2.81. The van der Waals surface area contributed by atoms with Gasteiger partial charge in [0.15, 0.2) is 5.13 Å². The van der Waals surface area contributed by atoms with Crippen molar-refractivity contribution in [3.8, 4) is 22.8 Å². The predicted octanol–water partition coefficient (Wildman–Crippen LogP) is 3.94. The Morgan fingerprint density at radius 2 is 1.76 bits per heavy atom. The Balaban J connectivity index is 1.38. The molecule has 1 aromatic carbocycles. The van der Waals surface area contributed by atoms with Crippen LogP contribution in [0.5, 0.6) is 0 Å². The van der Waals surface area contributed by atoms with E-state index in [0.29, 0.717) is 17.8 Å². The van der Waals surface area contributed by atoms with Gasteiger partial charge in [-0.05, 0) is 44.2 Å². The van der Waals surface area contributed by atoms with Gasteiger partial charge >= 0.3 is 0 Å². The van der Waals surface area contributed by atoms with E-state index in [2.05, 4.69) is 44.8 Å². The topological polar surface area (TPSA) is 71.2 Å². The molecule has 3 aromatic heterocycles. The van der Waals surface area contributed by atoms with E-state index in [9.17, 15) is 0 Å². The number of rotatable bonds is 4. The first-order chi connectivity index (χ1) is 14.2. The molecular weight excluding hydrogens is 384 g/mol. The average molecular weight is 407 g/mol. The van der Waals surface area contributed by atoms with Crippen molar-refractivity contribution in [2.24, 2.45) is 0 Å². The molecule has 7 nitrogen and oxygen atoms in total. The fourth-order valence-corrected chi connectivity index (χ4v) is 4.63. The van der Waals surface area contributed by atoms with Crippen LogP contribution in [0.15, 0.2) is 47.2 Å². The van der Waals surface area contributed by atoms with Gasteiger partial charge < -0.3 is 9.42 Å². The third-order valence-electron chi connectivity index (χ3n) is 5.30. The number of anilines is 1. The Bertz CT molecular complexity index is 1110. The zero-order valence-electron chi connectivity index (χ0n) is 16.4. The zero-order valence-corrected chi connectivity index (χ0v) is 17.3. The summed E-state index contributed by atoms with van der Waals surface area (Å²) in [4.78, 5) is 18.3. The lowest BCUT2D eigenvalue weighted by atomic mass is 10.2. The molecule has 0 aliphatic carbocycles. The van der Waals surface area contributed by atoms with Crippen molar-refractivity contribution in [3.05, 3.63) is 42.7 Å². The van der Waals surface area contributed by atoms with Crippen molar-refractivity contribution in [2.75, 3.05) is 31.1 Å². The highest BCUT2D eigenvalue weighted by molar-refractivity contribution is 7.22. The molecule has 0 saturated carbocycles. The maximum Gasteiger partial charge on any atom is 0.258 e. The smallest absolute Gasteiger partial charge is 0.258 e. The van der Waals surface area contributed by atoms with Crippen LogP contribution in [0.2, 0.25) is 0 Å². The second kappa shape index (κ2) is 7.53. The maximum absolute atomic E-state index is 5.43. The van der Waals surface area contributed by atoms with Crippen molar-refractivity contribution >= 4 is 26.7 Å². The minimum Gasteiger partial charge on any atom is -0.345 e. The Hall–Kier alpha value is -2.84. The van der Waals surface area contributed by atoms with Gasteiger partial charge in [0.1, 0.15) is 0 Å². The first-order valence-corrected chi connectivity index (χ1v) is 10.6. The number of thiazole rings is 1. The number of aromatic nitrogens is 4. The van der Waals surface area contributed by atoms with Crippen molar-refractivity contribution in [2.45, 2.75) is 19.9 Å². The van der Waals surface area contributed by atoms with Gasteiger partial charge in [-0.25, -0.2) is 4.98 Å². The monoisotopic (exact) mass is 406 g/mol. The van der Waals surface area contributed by atoms with Crippen LogP contribution < -0.4 is 4.90 Å². The number of benzene rings is 1. The van der Waals surface area contributed by atoms with E-state index < -0.39 is 0 Å². The van der Waals surface area contributed by atoms with Crippen molar-refractivity contribution in [3.63, 3.8) is 0 Å². The first-order valence-electron chi connectivity index (χ1n) is 9.81. The van der Waals surface area contributed by atoms with E-state index in [-0.39, 0.29) is 0 Å². The van der Waals surface area contributed by atoms with E-state index in [1.54, 1.807) is 23.7 Å². The molecule has 0 atom stereocenters. The van der Waals surface area contributed by atoms with Crippen LogP contribution in [0.3, 0.4) is 0 Å². The molecule has 0 N–H and O–H groups in total. The molecule has 5 rings (SSSR count). The minimum atomic E-state index is 0.496. The highest BCUT2D eigenvalue weighted by atomic mass is 32.1. The van der Waals surface area contributed by atoms with Crippen LogP contribution in [0.25, 0.3) is 33.1 Å². The molecule has 1 saturated heterocycles. The summed E-state index contributed by atoms with van der Waals surface area (Å²) in [6.07, 6.45) is 3.43. The second-order valence-electron chi connectivity index (χ2n) is 7.45. The second-order valence-corrected chi connectivity index (χ2v) is 8.46. The van der Waals surface area contributed by atoms with E-state index in [1.807, 2.05) is 24.3 Å². The van der Waals surface area contributed by atoms with Gasteiger partial charge in [-0.2, -0.15) is 4.98 Å². The lowest BCUT2D eigenvalue weighted by Crippen LogP contribution is -2.48. The minimum absolute atomic E-state index is 0.496. The summed E-state index contributed by atoms with van der Waals surface area (Å²) in [5.74, 6) is 1.08. The zero-order chi connectivity index (χ0) is 19.8. The number of hydrogen-bond donors (Lipinski definition) is 0. The molecule has 0 unspecified atom stereocenters. The lowest BCUT2D eigenvalue weighted by molar-refractivity contribution is 0.209.